The van der Waals surface area contributed by atoms with E-state index in [1.165, 1.54) is 0 Å². The summed E-state index contributed by atoms with van der Waals surface area (Å²) in [5, 5.41) is 13.9. The molecule has 2 N–H and O–H groups in total. The molecule has 0 spiro atoms. The van der Waals surface area contributed by atoms with Gasteiger partial charge in [0.05, 0.1) is 5.60 Å². The summed E-state index contributed by atoms with van der Waals surface area (Å²) in [6, 6.07) is 9.65. The Hall–Kier alpha value is -1.39. The molecule has 0 unspecified atom stereocenters. The smallest absolute Gasteiger partial charge is 0.251 e. The molecular formula is C20H30N2O2. The molecule has 0 atom stereocenters. The number of nitrogens with zero attached hydrogens (tertiary/aromatic N) is 1. The normalized spacial score (nSPS) is 29.3. The first-order valence-corrected chi connectivity index (χ1v) is 9.35. The van der Waals surface area contributed by atoms with E-state index in [0.717, 1.165) is 69.6 Å². The number of piperidine rings is 1. The van der Waals surface area contributed by atoms with Crippen molar-refractivity contribution in [2.45, 2.75) is 57.1 Å². The zero-order chi connectivity index (χ0) is 17.0. The van der Waals surface area contributed by atoms with Crippen LogP contribution in [0.4, 0.5) is 0 Å². The third kappa shape index (κ3) is 4.58. The van der Waals surface area contributed by atoms with Crippen molar-refractivity contribution in [3.05, 3.63) is 35.9 Å². The van der Waals surface area contributed by atoms with Crippen molar-refractivity contribution < 1.29 is 9.90 Å². The number of hydrogen-bond donors (Lipinski definition) is 2. The second-order valence-electron chi connectivity index (χ2n) is 7.80. The van der Waals surface area contributed by atoms with E-state index >= 15 is 0 Å². The lowest BCUT2D eigenvalue weighted by Gasteiger charge is -2.41. The molecule has 3 rings (SSSR count). The largest absolute Gasteiger partial charge is 0.389 e. The lowest BCUT2D eigenvalue weighted by atomic mass is 9.79. The van der Waals surface area contributed by atoms with E-state index in [9.17, 15) is 9.90 Å². The van der Waals surface area contributed by atoms with Gasteiger partial charge in [0.25, 0.3) is 5.91 Å². The Morgan fingerprint density at radius 3 is 2.42 bits per heavy atom. The van der Waals surface area contributed by atoms with Gasteiger partial charge in [-0.05, 0) is 56.6 Å². The van der Waals surface area contributed by atoms with Crippen molar-refractivity contribution in [3.8, 4) is 0 Å². The topological polar surface area (TPSA) is 52.6 Å². The third-order valence-corrected chi connectivity index (χ3v) is 5.68. The summed E-state index contributed by atoms with van der Waals surface area (Å²) in [7, 11) is 0. The Morgan fingerprint density at radius 2 is 1.79 bits per heavy atom. The zero-order valence-corrected chi connectivity index (χ0v) is 14.7. The number of likely N-dealkylation sites (tertiary alicyclic amines) is 1. The fourth-order valence-corrected chi connectivity index (χ4v) is 3.97. The molecule has 0 bridgehead atoms. The van der Waals surface area contributed by atoms with Gasteiger partial charge < -0.3 is 15.3 Å². The maximum absolute atomic E-state index is 12.2. The number of carbonyl (C=O) groups is 1. The number of hydrogen-bond acceptors (Lipinski definition) is 3. The van der Waals surface area contributed by atoms with Gasteiger partial charge in [-0.3, -0.25) is 4.79 Å². The first-order chi connectivity index (χ1) is 11.5. The van der Waals surface area contributed by atoms with E-state index in [0.29, 0.717) is 0 Å². The van der Waals surface area contributed by atoms with Crippen LogP contribution in [0.2, 0.25) is 0 Å². The third-order valence-electron chi connectivity index (χ3n) is 5.68. The molecule has 2 aliphatic rings. The fraction of sp³-hybridized carbons (Fsp3) is 0.650. The SMILES string of the molecule is CC1CCC(O)(CN2CCC(NC(=O)c3ccccc3)CC2)CC1. The molecule has 1 saturated carbocycles. The second-order valence-corrected chi connectivity index (χ2v) is 7.80. The number of carbonyl (C=O) groups excluding carboxylic acids is 1. The summed E-state index contributed by atoms with van der Waals surface area (Å²) in [5.41, 5.74) is 0.234. The first kappa shape index (κ1) is 17.4. The minimum Gasteiger partial charge on any atom is -0.389 e. The van der Waals surface area contributed by atoms with Crippen LogP contribution in [-0.2, 0) is 0 Å². The van der Waals surface area contributed by atoms with Crippen LogP contribution in [0.5, 0.6) is 0 Å². The lowest BCUT2D eigenvalue weighted by molar-refractivity contribution is -0.0395. The molecular weight excluding hydrogens is 300 g/mol. The minimum atomic E-state index is -0.493. The van der Waals surface area contributed by atoms with Crippen molar-refractivity contribution >= 4 is 5.91 Å². The van der Waals surface area contributed by atoms with Crippen LogP contribution in [0.3, 0.4) is 0 Å². The van der Waals surface area contributed by atoms with Gasteiger partial charge >= 0.3 is 0 Å². The van der Waals surface area contributed by atoms with Gasteiger partial charge in [0, 0.05) is 31.2 Å². The van der Waals surface area contributed by atoms with Gasteiger partial charge in [-0.1, -0.05) is 25.1 Å². The Bertz CT molecular complexity index is 530. The van der Waals surface area contributed by atoms with Crippen LogP contribution >= 0.6 is 0 Å². The number of nitrogens with one attached hydrogen (secondary N) is 1. The molecule has 1 aliphatic carbocycles. The molecule has 2 fully saturated rings. The highest BCUT2D eigenvalue weighted by atomic mass is 16.3. The molecule has 4 nitrogen and oxygen atoms in total. The van der Waals surface area contributed by atoms with Crippen molar-refractivity contribution in [2.24, 2.45) is 5.92 Å². The molecule has 0 aromatic heterocycles. The van der Waals surface area contributed by atoms with Crippen molar-refractivity contribution in [1.82, 2.24) is 10.2 Å². The van der Waals surface area contributed by atoms with E-state index in [1.54, 1.807) is 0 Å². The van der Waals surface area contributed by atoms with E-state index in [4.69, 9.17) is 0 Å². The summed E-state index contributed by atoms with van der Waals surface area (Å²) in [4.78, 5) is 14.6. The quantitative estimate of drug-likeness (QED) is 0.892. The van der Waals surface area contributed by atoms with Crippen LogP contribution in [0, 0.1) is 5.92 Å². The van der Waals surface area contributed by atoms with Crippen molar-refractivity contribution in [1.29, 1.82) is 0 Å². The van der Waals surface area contributed by atoms with E-state index in [1.807, 2.05) is 30.3 Å². The van der Waals surface area contributed by atoms with Crippen LogP contribution in [-0.4, -0.2) is 47.2 Å². The summed E-state index contributed by atoms with van der Waals surface area (Å²) in [6.07, 6.45) is 6.06. The fourth-order valence-electron chi connectivity index (χ4n) is 3.97. The summed E-state index contributed by atoms with van der Waals surface area (Å²) in [6.45, 7) is 4.98. The van der Waals surface area contributed by atoms with Crippen LogP contribution in [0.15, 0.2) is 30.3 Å². The number of rotatable bonds is 4. The number of aliphatic hydroxyl groups is 1. The van der Waals surface area contributed by atoms with Gasteiger partial charge in [0.2, 0.25) is 0 Å². The molecule has 1 saturated heterocycles. The molecule has 1 aliphatic heterocycles. The predicted octanol–water partition coefficient (Wildman–Crippen LogP) is 2.82. The molecule has 24 heavy (non-hydrogen) atoms. The maximum Gasteiger partial charge on any atom is 0.251 e. The number of β-amino-alcohol motifs (C(OH)–C–C–N with tert-alkyl or cyclic N) is 1. The number of amides is 1. The van der Waals surface area contributed by atoms with Crippen molar-refractivity contribution in [2.75, 3.05) is 19.6 Å². The van der Waals surface area contributed by atoms with Gasteiger partial charge in [0.1, 0.15) is 0 Å². The van der Waals surface area contributed by atoms with E-state index in [-0.39, 0.29) is 11.9 Å². The van der Waals surface area contributed by atoms with Gasteiger partial charge in [0.15, 0.2) is 0 Å². The Kier molecular flexibility index (Phi) is 5.57. The lowest BCUT2D eigenvalue weighted by Crippen LogP contribution is -2.50. The van der Waals surface area contributed by atoms with E-state index in [2.05, 4.69) is 17.1 Å². The second kappa shape index (κ2) is 7.66. The average Bonchev–Trinajstić information content (AvgIpc) is 2.60. The number of benzene rings is 1. The van der Waals surface area contributed by atoms with Crippen molar-refractivity contribution in [3.63, 3.8) is 0 Å². The molecule has 0 radical (unpaired) electrons. The molecule has 1 heterocycles. The van der Waals surface area contributed by atoms with E-state index < -0.39 is 5.60 Å². The van der Waals surface area contributed by atoms with Gasteiger partial charge in [-0.15, -0.1) is 0 Å². The van der Waals surface area contributed by atoms with Crippen LogP contribution < -0.4 is 5.32 Å². The molecule has 1 aromatic carbocycles. The average molecular weight is 330 g/mol. The Labute approximate surface area is 145 Å². The summed E-state index contributed by atoms with van der Waals surface area (Å²) in [5.74, 6) is 0.776. The monoisotopic (exact) mass is 330 g/mol. The van der Waals surface area contributed by atoms with Crippen LogP contribution in [0.1, 0.15) is 55.8 Å². The standard InChI is InChI=1S/C20H30N2O2/c1-16-7-11-20(24,12-8-16)15-22-13-9-18(10-14-22)21-19(23)17-5-3-2-4-6-17/h2-6,16,18,24H,7-15H2,1H3,(H,21,23). The zero-order valence-electron chi connectivity index (χ0n) is 14.7. The molecule has 1 aromatic rings. The molecule has 1 amide bonds. The highest BCUT2D eigenvalue weighted by molar-refractivity contribution is 5.94. The Morgan fingerprint density at radius 1 is 1.17 bits per heavy atom. The minimum absolute atomic E-state index is 0.0222. The molecule has 4 heteroatoms. The van der Waals surface area contributed by atoms with Gasteiger partial charge in [-0.2, -0.15) is 0 Å². The molecule has 132 valence electrons. The first-order valence-electron chi connectivity index (χ1n) is 9.35. The predicted molar refractivity (Wildman–Crippen MR) is 96.0 cm³/mol. The van der Waals surface area contributed by atoms with Gasteiger partial charge in [-0.25, -0.2) is 0 Å². The summed E-state index contributed by atoms with van der Waals surface area (Å²) < 4.78 is 0. The summed E-state index contributed by atoms with van der Waals surface area (Å²) >= 11 is 0. The highest BCUT2D eigenvalue weighted by Gasteiger charge is 2.34. The maximum atomic E-state index is 12.2. The highest BCUT2D eigenvalue weighted by Crippen LogP contribution is 2.32. The van der Waals surface area contributed by atoms with Crippen LogP contribution in [0.25, 0.3) is 0 Å². The Balaban J connectivity index is 1.43.